The van der Waals surface area contributed by atoms with Gasteiger partial charge in [0, 0.05) is 0 Å². The van der Waals surface area contributed by atoms with Crippen LogP contribution in [0.3, 0.4) is 0 Å². The van der Waals surface area contributed by atoms with E-state index in [4.69, 9.17) is 9.47 Å². The van der Waals surface area contributed by atoms with Gasteiger partial charge in [0.25, 0.3) is 0 Å². The predicted octanol–water partition coefficient (Wildman–Crippen LogP) is 2.01. The van der Waals surface area contributed by atoms with Crippen molar-refractivity contribution in [2.75, 3.05) is 13.2 Å². The number of fused-ring (bicyclic) bond motifs is 1. The number of rotatable bonds is 10. The van der Waals surface area contributed by atoms with E-state index >= 15 is 0 Å². The third-order valence-corrected chi connectivity index (χ3v) is 5.10. The highest BCUT2D eigenvalue weighted by Gasteiger charge is 2.21. The van der Waals surface area contributed by atoms with Crippen molar-refractivity contribution in [2.45, 2.75) is 6.42 Å². The first-order valence-electron chi connectivity index (χ1n) is 10.2. The minimum atomic E-state index is -1.35. The van der Waals surface area contributed by atoms with E-state index in [1.807, 2.05) is 0 Å². The molecule has 0 fully saturated rings. The fourth-order valence-electron chi connectivity index (χ4n) is 3.51. The molecule has 10 nitrogen and oxygen atoms in total. The summed E-state index contributed by atoms with van der Waals surface area (Å²) >= 11 is 0. The van der Waals surface area contributed by atoms with E-state index in [-0.39, 0.29) is 58.6 Å². The molecule has 0 saturated heterocycles. The monoisotopic (exact) mass is 480 g/mol. The van der Waals surface area contributed by atoms with Crippen LogP contribution in [0.2, 0.25) is 0 Å². The number of hydrogen-bond donors (Lipinski definition) is 4. The number of carboxylic acid groups (broad SMARTS) is 4. The van der Waals surface area contributed by atoms with Crippen LogP contribution in [0.15, 0.2) is 48.6 Å². The van der Waals surface area contributed by atoms with Gasteiger partial charge in [-0.3, -0.25) is 0 Å². The lowest BCUT2D eigenvalue weighted by Gasteiger charge is -2.14. The Morgan fingerprint density at radius 3 is 1.74 bits per heavy atom. The molecule has 0 spiro atoms. The van der Waals surface area contributed by atoms with E-state index in [1.165, 1.54) is 24.3 Å². The lowest BCUT2D eigenvalue weighted by atomic mass is 9.96. The van der Waals surface area contributed by atoms with Gasteiger partial charge in [-0.25, -0.2) is 19.2 Å². The van der Waals surface area contributed by atoms with Crippen LogP contribution in [-0.2, 0) is 0 Å². The molecule has 4 N–H and O–H groups in total. The van der Waals surface area contributed by atoms with Crippen LogP contribution in [0.4, 0.5) is 0 Å². The van der Waals surface area contributed by atoms with Crippen LogP contribution >= 0.6 is 0 Å². The smallest absolute Gasteiger partial charge is 0.339 e. The van der Waals surface area contributed by atoms with Crippen molar-refractivity contribution in [3.63, 3.8) is 0 Å². The molecule has 0 unspecified atom stereocenters. The maximum absolute atomic E-state index is 11.7. The predicted molar refractivity (Wildman–Crippen MR) is 123 cm³/mol. The Hall–Kier alpha value is -4.86. The highest BCUT2D eigenvalue weighted by atomic mass is 16.5. The molecule has 0 aromatic heterocycles. The molecule has 0 bridgehead atoms. The van der Waals surface area contributed by atoms with E-state index in [9.17, 15) is 39.6 Å². The lowest BCUT2D eigenvalue weighted by molar-refractivity contribution is 0.0673. The Morgan fingerprint density at radius 1 is 0.771 bits per heavy atom. The summed E-state index contributed by atoms with van der Waals surface area (Å²) in [5, 5.41) is 38.4. The van der Waals surface area contributed by atoms with Crippen molar-refractivity contribution in [1.29, 1.82) is 0 Å². The average Bonchev–Trinajstić information content (AvgIpc) is 2.81. The summed E-state index contributed by atoms with van der Waals surface area (Å²) in [5.74, 6) is -5.45. The molecule has 0 saturated carbocycles. The molecular formula is C25H20O10. The fourth-order valence-corrected chi connectivity index (χ4v) is 3.51. The molecule has 10 heteroatoms. The number of benzene rings is 2. The summed E-state index contributed by atoms with van der Waals surface area (Å²) in [7, 11) is 0. The molecule has 0 radical (unpaired) electrons. The Morgan fingerprint density at radius 2 is 1.26 bits per heavy atom. The summed E-state index contributed by atoms with van der Waals surface area (Å²) in [6.07, 6.45) is 6.34. The molecule has 0 amide bonds. The maximum Gasteiger partial charge on any atom is 0.339 e. The van der Waals surface area contributed by atoms with Gasteiger partial charge in [-0.2, -0.15) is 0 Å². The van der Waals surface area contributed by atoms with Crippen LogP contribution in [-0.4, -0.2) is 57.5 Å². The highest BCUT2D eigenvalue weighted by Crippen LogP contribution is 2.30. The second-order valence-corrected chi connectivity index (χ2v) is 7.30. The fraction of sp³-hybridized carbons (Fsp3) is 0.120. The molecule has 0 aliphatic heterocycles. The van der Waals surface area contributed by atoms with Gasteiger partial charge in [-0.05, 0) is 52.8 Å². The zero-order chi connectivity index (χ0) is 25.7. The topological polar surface area (TPSA) is 168 Å². The van der Waals surface area contributed by atoms with Crippen molar-refractivity contribution in [2.24, 2.45) is 0 Å². The third kappa shape index (κ3) is 5.38. The summed E-state index contributed by atoms with van der Waals surface area (Å²) in [5.41, 5.74) is -0.0943. The first kappa shape index (κ1) is 24.8. The van der Waals surface area contributed by atoms with Gasteiger partial charge in [0.05, 0.1) is 11.1 Å². The van der Waals surface area contributed by atoms with Crippen molar-refractivity contribution in [3.05, 3.63) is 81.3 Å². The van der Waals surface area contributed by atoms with E-state index in [0.29, 0.717) is 10.8 Å². The van der Waals surface area contributed by atoms with Gasteiger partial charge in [0.2, 0.25) is 0 Å². The normalized spacial score (nSPS) is 13.1. The quantitative estimate of drug-likeness (QED) is 0.369. The number of ether oxygens (including phenoxy) is 2. The summed E-state index contributed by atoms with van der Waals surface area (Å²) in [4.78, 5) is 46.4. The molecule has 1 aliphatic carbocycles. The Kier molecular flexibility index (Phi) is 7.35. The Balaban J connectivity index is 1.96. The number of carbonyl (C=O) groups is 4. The SMILES string of the molecule is C=CCOc1cc(C(=O)O)c(OCC=C2C=c3c(C(=O)O)ccc(C(=O)O)c3=CC2)cc1C(=O)O. The van der Waals surface area contributed by atoms with Gasteiger partial charge in [-0.1, -0.05) is 24.8 Å². The average molecular weight is 480 g/mol. The second-order valence-electron chi connectivity index (χ2n) is 7.30. The maximum atomic E-state index is 11.7. The van der Waals surface area contributed by atoms with Crippen LogP contribution in [0.1, 0.15) is 47.9 Å². The van der Waals surface area contributed by atoms with Crippen molar-refractivity contribution in [1.82, 2.24) is 0 Å². The van der Waals surface area contributed by atoms with Gasteiger partial charge in [-0.15, -0.1) is 0 Å². The van der Waals surface area contributed by atoms with Gasteiger partial charge < -0.3 is 29.9 Å². The lowest BCUT2D eigenvalue weighted by Crippen LogP contribution is -2.37. The number of aromatic carboxylic acids is 4. The minimum absolute atomic E-state index is 0.0254. The minimum Gasteiger partial charge on any atom is -0.489 e. The summed E-state index contributed by atoms with van der Waals surface area (Å²) in [6, 6.07) is 4.57. The van der Waals surface area contributed by atoms with Crippen molar-refractivity contribution >= 4 is 36.0 Å². The van der Waals surface area contributed by atoms with Gasteiger partial charge >= 0.3 is 23.9 Å². The van der Waals surface area contributed by atoms with Crippen molar-refractivity contribution in [3.8, 4) is 11.5 Å². The molecule has 2 aromatic rings. The van der Waals surface area contributed by atoms with Gasteiger partial charge in [0.15, 0.2) is 0 Å². The first-order chi connectivity index (χ1) is 16.6. The van der Waals surface area contributed by atoms with E-state index in [2.05, 4.69) is 6.58 Å². The second kappa shape index (κ2) is 10.4. The molecular weight excluding hydrogens is 460 g/mol. The van der Waals surface area contributed by atoms with Gasteiger partial charge in [0.1, 0.15) is 35.8 Å². The van der Waals surface area contributed by atoms with Crippen LogP contribution in [0, 0.1) is 0 Å². The Labute approximate surface area is 198 Å². The summed E-state index contributed by atoms with van der Waals surface area (Å²) < 4.78 is 10.8. The Bertz CT molecular complexity index is 1400. The number of hydrogen-bond acceptors (Lipinski definition) is 6. The molecule has 1 aliphatic rings. The summed E-state index contributed by atoms with van der Waals surface area (Å²) in [6.45, 7) is 3.27. The highest BCUT2D eigenvalue weighted by molar-refractivity contribution is 5.97. The largest absolute Gasteiger partial charge is 0.489 e. The molecule has 0 heterocycles. The number of allylic oxidation sites excluding steroid dienone is 1. The first-order valence-corrected chi connectivity index (χ1v) is 10.2. The molecule has 180 valence electrons. The molecule has 0 atom stereocenters. The standard InChI is InChI=1S/C25H20O10/c1-2-8-34-20-11-19(25(32)33)21(12-18(20)24(30)31)35-9-7-13-3-4-14-15(22(26)27)5-6-16(23(28)29)17(14)10-13/h2,4-7,10-12H,1,3,8-9H2,(H,26,27)(H,28,29)(H,30,31)(H,32,33). The van der Waals surface area contributed by atoms with E-state index in [1.54, 1.807) is 12.2 Å². The van der Waals surface area contributed by atoms with Crippen LogP contribution in [0.25, 0.3) is 12.2 Å². The molecule has 35 heavy (non-hydrogen) atoms. The van der Waals surface area contributed by atoms with Crippen LogP contribution < -0.4 is 19.9 Å². The third-order valence-electron chi connectivity index (χ3n) is 5.10. The molecule has 2 aromatic carbocycles. The number of carboxylic acids is 4. The molecule has 3 rings (SSSR count). The zero-order valence-electron chi connectivity index (χ0n) is 18.2. The zero-order valence-corrected chi connectivity index (χ0v) is 18.2. The van der Waals surface area contributed by atoms with Crippen molar-refractivity contribution < 1.29 is 49.1 Å². The van der Waals surface area contributed by atoms with E-state index in [0.717, 1.165) is 12.1 Å². The van der Waals surface area contributed by atoms with Crippen LogP contribution in [0.5, 0.6) is 11.5 Å². The van der Waals surface area contributed by atoms with E-state index < -0.39 is 23.9 Å².